The van der Waals surface area contributed by atoms with Crippen LogP contribution in [0.4, 0.5) is 4.79 Å². The van der Waals surface area contributed by atoms with E-state index in [0.717, 1.165) is 0 Å². The fraction of sp³-hybridized carbons (Fsp3) is 0.500. The van der Waals surface area contributed by atoms with Gasteiger partial charge in [-0.05, 0) is 0 Å². The van der Waals surface area contributed by atoms with E-state index in [1.54, 1.807) is 0 Å². The Balaban J connectivity index is 0. The number of amides is 2. The standard InChI is InChI=1S/C4H9N3O3.Na/c5-2(3(8)9)1-7-4(6)10;/h2H,1,5H2,(H,8,9)(H3,6,7,10);/q;+1/p-1/t2-;/m1./s1. The number of rotatable bonds is 3. The molecule has 0 unspecified atom stereocenters. The van der Waals surface area contributed by atoms with Crippen LogP contribution < -0.4 is 51.4 Å². The molecule has 0 aliphatic heterocycles. The average molecular weight is 169 g/mol. The number of carboxylic acids is 1. The summed E-state index contributed by atoms with van der Waals surface area (Å²) < 4.78 is 0. The molecule has 11 heavy (non-hydrogen) atoms. The number of aliphatic carboxylic acids is 1. The summed E-state index contributed by atoms with van der Waals surface area (Å²) in [5.74, 6) is -1.42. The molecule has 0 heterocycles. The second-order valence-corrected chi connectivity index (χ2v) is 1.67. The van der Waals surface area contributed by atoms with Crippen molar-refractivity contribution in [2.24, 2.45) is 11.5 Å². The van der Waals surface area contributed by atoms with Gasteiger partial charge in [0.05, 0.1) is 12.0 Å². The molecule has 0 saturated heterocycles. The van der Waals surface area contributed by atoms with Gasteiger partial charge in [-0.15, -0.1) is 0 Å². The molecular formula is C4H8N3NaO3. The van der Waals surface area contributed by atoms with Gasteiger partial charge in [0, 0.05) is 6.54 Å². The minimum absolute atomic E-state index is 0. The van der Waals surface area contributed by atoms with Gasteiger partial charge in [-0.1, -0.05) is 0 Å². The molecule has 0 spiro atoms. The summed E-state index contributed by atoms with van der Waals surface area (Å²) in [4.78, 5) is 19.9. The number of carboxylic acid groups (broad SMARTS) is 1. The van der Waals surface area contributed by atoms with Gasteiger partial charge in [0.2, 0.25) is 0 Å². The van der Waals surface area contributed by atoms with Crippen LogP contribution in [0.2, 0.25) is 0 Å². The van der Waals surface area contributed by atoms with Crippen molar-refractivity contribution in [3.63, 3.8) is 0 Å². The number of hydrogen-bond donors (Lipinski definition) is 3. The Morgan fingerprint density at radius 3 is 2.27 bits per heavy atom. The van der Waals surface area contributed by atoms with Gasteiger partial charge >= 0.3 is 35.6 Å². The maximum absolute atomic E-state index is 9.97. The van der Waals surface area contributed by atoms with Crippen molar-refractivity contribution >= 4 is 12.0 Å². The maximum atomic E-state index is 9.97. The molecule has 0 saturated carbocycles. The van der Waals surface area contributed by atoms with Crippen LogP contribution >= 0.6 is 0 Å². The van der Waals surface area contributed by atoms with E-state index in [2.05, 4.69) is 5.73 Å². The molecule has 0 radical (unpaired) electrons. The average Bonchev–Trinajstić information content (AvgIpc) is 1.82. The summed E-state index contributed by atoms with van der Waals surface area (Å²) in [5, 5.41) is 11.9. The predicted octanol–water partition coefficient (Wildman–Crippen LogP) is -6.26. The van der Waals surface area contributed by atoms with Crippen LogP contribution in [0.25, 0.3) is 0 Å². The van der Waals surface area contributed by atoms with E-state index in [4.69, 9.17) is 5.73 Å². The largest absolute Gasteiger partial charge is 1.00 e. The number of nitrogens with one attached hydrogen (secondary N) is 1. The van der Waals surface area contributed by atoms with E-state index in [9.17, 15) is 14.7 Å². The minimum atomic E-state index is -1.42. The molecular weight excluding hydrogens is 161 g/mol. The van der Waals surface area contributed by atoms with Crippen molar-refractivity contribution in [3.8, 4) is 0 Å². The summed E-state index contributed by atoms with van der Waals surface area (Å²) in [6.07, 6.45) is 0. The molecule has 58 valence electrons. The SMILES string of the molecule is NC(=O)NC[C@@H](N)C(=O)[O-].[Na+]. The minimum Gasteiger partial charge on any atom is -0.548 e. The normalized spacial score (nSPS) is 11.0. The van der Waals surface area contributed by atoms with E-state index in [1.807, 2.05) is 5.32 Å². The first-order valence-corrected chi connectivity index (χ1v) is 2.53. The third kappa shape index (κ3) is 7.60. The maximum Gasteiger partial charge on any atom is 1.00 e. The summed E-state index contributed by atoms with van der Waals surface area (Å²) in [5.41, 5.74) is 9.55. The van der Waals surface area contributed by atoms with E-state index in [0.29, 0.717) is 0 Å². The summed E-state index contributed by atoms with van der Waals surface area (Å²) in [6.45, 7) is -0.211. The first-order chi connectivity index (χ1) is 4.54. The predicted molar refractivity (Wildman–Crippen MR) is 30.6 cm³/mol. The molecule has 2 amide bonds. The first-order valence-electron chi connectivity index (χ1n) is 2.53. The number of carbonyl (C=O) groups excluding carboxylic acids is 2. The third-order valence-electron chi connectivity index (χ3n) is 0.799. The van der Waals surface area contributed by atoms with Crippen molar-refractivity contribution in [1.82, 2.24) is 5.32 Å². The van der Waals surface area contributed by atoms with Gasteiger partial charge in [0.25, 0.3) is 0 Å². The van der Waals surface area contributed by atoms with Crippen molar-refractivity contribution in [1.29, 1.82) is 0 Å². The van der Waals surface area contributed by atoms with Crippen molar-refractivity contribution in [2.75, 3.05) is 6.54 Å². The molecule has 1 atom stereocenters. The molecule has 0 aliphatic carbocycles. The fourth-order valence-electron chi connectivity index (χ4n) is 0.294. The van der Waals surface area contributed by atoms with Crippen molar-refractivity contribution < 1.29 is 44.3 Å². The Hall–Kier alpha value is -0.300. The van der Waals surface area contributed by atoms with Gasteiger partial charge in [0.1, 0.15) is 0 Å². The Labute approximate surface area is 85.6 Å². The molecule has 0 fully saturated rings. The number of nitrogens with two attached hydrogens (primary N) is 2. The van der Waals surface area contributed by atoms with Crippen LogP contribution in [-0.4, -0.2) is 24.6 Å². The Kier molecular flexibility index (Phi) is 7.75. The number of hydrogen-bond acceptors (Lipinski definition) is 4. The topological polar surface area (TPSA) is 121 Å². The number of primary amides is 1. The summed E-state index contributed by atoms with van der Waals surface area (Å²) in [6, 6.07) is -2.01. The molecule has 0 aromatic heterocycles. The number of carbonyl (C=O) groups is 2. The number of urea groups is 1. The summed E-state index contributed by atoms with van der Waals surface area (Å²) in [7, 11) is 0. The quantitative estimate of drug-likeness (QED) is 0.364. The molecule has 6 nitrogen and oxygen atoms in total. The fourth-order valence-corrected chi connectivity index (χ4v) is 0.294. The van der Waals surface area contributed by atoms with Gasteiger partial charge < -0.3 is 26.7 Å². The molecule has 0 aromatic carbocycles. The van der Waals surface area contributed by atoms with Crippen LogP contribution in [0.15, 0.2) is 0 Å². The zero-order valence-corrected chi connectivity index (χ0v) is 8.16. The third-order valence-corrected chi connectivity index (χ3v) is 0.799. The van der Waals surface area contributed by atoms with Crippen LogP contribution in [0.5, 0.6) is 0 Å². The van der Waals surface area contributed by atoms with Gasteiger partial charge in [-0.3, -0.25) is 0 Å². The van der Waals surface area contributed by atoms with E-state index >= 15 is 0 Å². The first kappa shape index (κ1) is 13.3. The Bertz CT molecular complexity index is 152. The zero-order chi connectivity index (χ0) is 8.15. The van der Waals surface area contributed by atoms with E-state index in [-0.39, 0.29) is 36.1 Å². The van der Waals surface area contributed by atoms with Crippen LogP contribution in [-0.2, 0) is 4.79 Å². The molecule has 0 rings (SSSR count). The molecule has 0 bridgehead atoms. The van der Waals surface area contributed by atoms with Crippen molar-refractivity contribution in [2.45, 2.75) is 6.04 Å². The van der Waals surface area contributed by atoms with Crippen LogP contribution in [0.3, 0.4) is 0 Å². The van der Waals surface area contributed by atoms with Crippen molar-refractivity contribution in [3.05, 3.63) is 0 Å². The second kappa shape index (κ2) is 6.41. The Morgan fingerprint density at radius 2 is 2.00 bits per heavy atom. The molecule has 5 N–H and O–H groups in total. The van der Waals surface area contributed by atoms with Crippen LogP contribution in [0.1, 0.15) is 0 Å². The van der Waals surface area contributed by atoms with Gasteiger partial charge in [0.15, 0.2) is 0 Å². The zero-order valence-electron chi connectivity index (χ0n) is 6.16. The smallest absolute Gasteiger partial charge is 0.548 e. The molecule has 7 heteroatoms. The van der Waals surface area contributed by atoms with Gasteiger partial charge in [-0.25, -0.2) is 4.79 Å². The molecule has 0 aromatic rings. The van der Waals surface area contributed by atoms with Crippen LogP contribution in [0, 0.1) is 0 Å². The van der Waals surface area contributed by atoms with E-state index in [1.165, 1.54) is 0 Å². The molecule has 0 aliphatic rings. The van der Waals surface area contributed by atoms with Gasteiger partial charge in [-0.2, -0.15) is 0 Å². The monoisotopic (exact) mass is 169 g/mol. The van der Waals surface area contributed by atoms with E-state index < -0.39 is 18.0 Å². The summed E-state index contributed by atoms with van der Waals surface area (Å²) >= 11 is 0. The second-order valence-electron chi connectivity index (χ2n) is 1.67. The Morgan fingerprint density at radius 1 is 1.55 bits per heavy atom.